The van der Waals surface area contributed by atoms with Gasteiger partial charge in [0.05, 0.1) is 36.2 Å². The molecule has 2 fully saturated rings. The monoisotopic (exact) mass is 434 g/mol. The van der Waals surface area contributed by atoms with Gasteiger partial charge in [0, 0.05) is 43.6 Å². The van der Waals surface area contributed by atoms with E-state index in [4.69, 9.17) is 14.7 Å². The van der Waals surface area contributed by atoms with Crippen LogP contribution in [0.15, 0.2) is 36.5 Å². The maximum atomic E-state index is 9.95. The molecule has 168 valence electrons. The fourth-order valence-electron chi connectivity index (χ4n) is 4.45. The predicted octanol–water partition coefficient (Wildman–Crippen LogP) is 2.22. The van der Waals surface area contributed by atoms with Gasteiger partial charge in [-0.1, -0.05) is 12.1 Å². The molecule has 32 heavy (non-hydrogen) atoms. The number of piperidine rings is 1. The van der Waals surface area contributed by atoms with Gasteiger partial charge in [0.25, 0.3) is 0 Å². The number of hydrogen-bond acceptors (Lipinski definition) is 8. The molecule has 4 heterocycles. The van der Waals surface area contributed by atoms with E-state index in [2.05, 4.69) is 44.8 Å². The summed E-state index contributed by atoms with van der Waals surface area (Å²) >= 11 is 0. The molecule has 2 unspecified atom stereocenters. The lowest BCUT2D eigenvalue weighted by molar-refractivity contribution is 0.117. The van der Waals surface area contributed by atoms with Crippen molar-refractivity contribution >= 4 is 22.5 Å². The van der Waals surface area contributed by atoms with Crippen molar-refractivity contribution in [3.05, 3.63) is 42.2 Å². The van der Waals surface area contributed by atoms with Crippen molar-refractivity contribution in [2.45, 2.75) is 19.4 Å². The second-order valence-corrected chi connectivity index (χ2v) is 8.68. The number of hydrogen-bond donors (Lipinski definition) is 3. The first-order chi connectivity index (χ1) is 15.7. The molecule has 8 nitrogen and oxygen atoms in total. The molecule has 2 saturated heterocycles. The number of benzene rings is 1. The molecule has 1 aromatic carbocycles. The number of aliphatic hydroxyl groups excluding tert-OH is 1. The number of morpholine rings is 1. The molecular formula is C24H30N6O2. The van der Waals surface area contributed by atoms with Gasteiger partial charge in [-0.05, 0) is 44.0 Å². The number of rotatable bonds is 5. The Labute approximate surface area is 188 Å². The Morgan fingerprint density at radius 1 is 1.16 bits per heavy atom. The van der Waals surface area contributed by atoms with Gasteiger partial charge in [0.1, 0.15) is 5.52 Å². The minimum absolute atomic E-state index is 0.293. The summed E-state index contributed by atoms with van der Waals surface area (Å²) in [6.45, 7) is 7.60. The van der Waals surface area contributed by atoms with Crippen LogP contribution < -0.4 is 15.5 Å². The summed E-state index contributed by atoms with van der Waals surface area (Å²) in [5.74, 6) is 1.08. The maximum absolute atomic E-state index is 9.95. The van der Waals surface area contributed by atoms with E-state index in [1.54, 1.807) is 6.20 Å². The summed E-state index contributed by atoms with van der Waals surface area (Å²) in [4.78, 5) is 16.6. The molecule has 0 saturated carbocycles. The van der Waals surface area contributed by atoms with Gasteiger partial charge in [-0.2, -0.15) is 0 Å². The van der Waals surface area contributed by atoms with Gasteiger partial charge in [-0.3, -0.25) is 0 Å². The third-order valence-electron chi connectivity index (χ3n) is 6.17. The van der Waals surface area contributed by atoms with Gasteiger partial charge in [-0.25, -0.2) is 15.0 Å². The van der Waals surface area contributed by atoms with Crippen LogP contribution in [0.2, 0.25) is 0 Å². The van der Waals surface area contributed by atoms with Crippen molar-refractivity contribution < 1.29 is 9.84 Å². The number of anilines is 2. The number of aliphatic hydroxyl groups is 1. The highest BCUT2D eigenvalue weighted by molar-refractivity contribution is 5.88. The van der Waals surface area contributed by atoms with Crippen molar-refractivity contribution in [3.63, 3.8) is 0 Å². The van der Waals surface area contributed by atoms with E-state index in [1.165, 1.54) is 5.69 Å². The largest absolute Gasteiger partial charge is 0.392 e. The second-order valence-electron chi connectivity index (χ2n) is 8.68. The van der Waals surface area contributed by atoms with E-state index in [0.717, 1.165) is 79.6 Å². The number of aromatic nitrogens is 3. The highest BCUT2D eigenvalue weighted by Crippen LogP contribution is 2.28. The number of pyridine rings is 1. The summed E-state index contributed by atoms with van der Waals surface area (Å²) in [7, 11) is 0. The standard InChI is InChI=1S/C24H30N6O2/c1-16-12-26-23-22(28-16)11-21(29-24(23)27-14-17-10-20(31)15-25-13-17)18-2-4-19(5-3-18)30-6-8-32-9-7-30/h2-5,11-12,17,20,25,31H,6-10,13-15H2,1H3,(H,27,29). The van der Waals surface area contributed by atoms with Gasteiger partial charge in [0.2, 0.25) is 0 Å². The van der Waals surface area contributed by atoms with E-state index in [1.807, 2.05) is 13.0 Å². The maximum Gasteiger partial charge on any atom is 0.154 e. The number of β-amino-alcohol motifs (C(OH)–C–C–N with tert-alkyl or cyclic N) is 1. The van der Waals surface area contributed by atoms with Crippen LogP contribution >= 0.6 is 0 Å². The quantitative estimate of drug-likeness (QED) is 0.563. The molecule has 3 aromatic rings. The molecule has 0 amide bonds. The minimum Gasteiger partial charge on any atom is -0.392 e. The number of ether oxygens (including phenoxy) is 1. The van der Waals surface area contributed by atoms with Crippen LogP contribution in [0.25, 0.3) is 22.3 Å². The number of nitrogens with one attached hydrogen (secondary N) is 2. The van der Waals surface area contributed by atoms with Gasteiger partial charge >= 0.3 is 0 Å². The Kier molecular flexibility index (Phi) is 6.16. The van der Waals surface area contributed by atoms with Crippen molar-refractivity contribution in [2.75, 3.05) is 56.2 Å². The van der Waals surface area contributed by atoms with Crippen molar-refractivity contribution in [2.24, 2.45) is 5.92 Å². The first kappa shape index (κ1) is 21.1. The van der Waals surface area contributed by atoms with Crippen molar-refractivity contribution in [3.8, 4) is 11.3 Å². The Morgan fingerprint density at radius 3 is 2.75 bits per heavy atom. The van der Waals surface area contributed by atoms with Crippen LogP contribution in [-0.2, 0) is 4.74 Å². The zero-order valence-corrected chi connectivity index (χ0v) is 18.4. The Morgan fingerprint density at radius 2 is 1.97 bits per heavy atom. The van der Waals surface area contributed by atoms with Crippen LogP contribution in [0.1, 0.15) is 12.1 Å². The molecule has 0 bridgehead atoms. The highest BCUT2D eigenvalue weighted by atomic mass is 16.5. The zero-order valence-electron chi connectivity index (χ0n) is 18.4. The average molecular weight is 435 g/mol. The van der Waals surface area contributed by atoms with Crippen LogP contribution in [0.4, 0.5) is 11.5 Å². The SMILES string of the molecule is Cc1cnc2c(NCC3CNCC(O)C3)nc(-c3ccc(N4CCOCC4)cc3)cc2n1. The molecule has 0 aliphatic carbocycles. The molecule has 2 aromatic heterocycles. The molecule has 0 radical (unpaired) electrons. The van der Waals surface area contributed by atoms with E-state index < -0.39 is 0 Å². The summed E-state index contributed by atoms with van der Waals surface area (Å²) in [5.41, 5.74) is 5.60. The summed E-state index contributed by atoms with van der Waals surface area (Å²) in [6.07, 6.45) is 2.27. The molecule has 3 N–H and O–H groups in total. The summed E-state index contributed by atoms with van der Waals surface area (Å²) in [6, 6.07) is 10.5. The third kappa shape index (κ3) is 4.67. The van der Waals surface area contributed by atoms with Gasteiger partial charge < -0.3 is 25.4 Å². The molecule has 2 atom stereocenters. The van der Waals surface area contributed by atoms with Crippen LogP contribution in [0.3, 0.4) is 0 Å². The van der Waals surface area contributed by atoms with Crippen molar-refractivity contribution in [1.29, 1.82) is 0 Å². The lowest BCUT2D eigenvalue weighted by atomic mass is 9.97. The van der Waals surface area contributed by atoms with Crippen LogP contribution in [0, 0.1) is 12.8 Å². The number of nitrogens with zero attached hydrogens (tertiary/aromatic N) is 4. The first-order valence-corrected chi connectivity index (χ1v) is 11.4. The highest BCUT2D eigenvalue weighted by Gasteiger charge is 2.20. The van der Waals surface area contributed by atoms with E-state index in [-0.39, 0.29) is 6.10 Å². The summed E-state index contributed by atoms with van der Waals surface area (Å²) in [5, 5.41) is 16.7. The summed E-state index contributed by atoms with van der Waals surface area (Å²) < 4.78 is 5.46. The van der Waals surface area contributed by atoms with Gasteiger partial charge in [-0.15, -0.1) is 0 Å². The molecule has 0 spiro atoms. The van der Waals surface area contributed by atoms with Crippen LogP contribution in [0.5, 0.6) is 0 Å². The fourth-order valence-corrected chi connectivity index (χ4v) is 4.45. The minimum atomic E-state index is -0.293. The topological polar surface area (TPSA) is 95.4 Å². The first-order valence-electron chi connectivity index (χ1n) is 11.4. The lowest BCUT2D eigenvalue weighted by Gasteiger charge is -2.29. The third-order valence-corrected chi connectivity index (χ3v) is 6.17. The number of aryl methyl sites for hydroxylation is 1. The van der Waals surface area contributed by atoms with Gasteiger partial charge in [0.15, 0.2) is 5.82 Å². The lowest BCUT2D eigenvalue weighted by Crippen LogP contribution is -2.41. The molecule has 2 aliphatic heterocycles. The zero-order chi connectivity index (χ0) is 21.9. The van der Waals surface area contributed by atoms with Crippen molar-refractivity contribution in [1.82, 2.24) is 20.3 Å². The molecule has 5 rings (SSSR count). The Bertz CT molecular complexity index is 1070. The Hall–Kier alpha value is -2.81. The van der Waals surface area contributed by atoms with E-state index in [0.29, 0.717) is 12.5 Å². The molecule has 8 heteroatoms. The fraction of sp³-hybridized carbons (Fsp3) is 0.458. The smallest absolute Gasteiger partial charge is 0.154 e. The molecule has 2 aliphatic rings. The second kappa shape index (κ2) is 9.36. The number of fused-ring (bicyclic) bond motifs is 1. The van der Waals surface area contributed by atoms with Crippen LogP contribution in [-0.4, -0.2) is 72.1 Å². The van der Waals surface area contributed by atoms with E-state index in [9.17, 15) is 5.11 Å². The predicted molar refractivity (Wildman–Crippen MR) is 126 cm³/mol. The normalized spacial score (nSPS) is 21.6. The van der Waals surface area contributed by atoms with E-state index >= 15 is 0 Å². The average Bonchev–Trinajstić information content (AvgIpc) is 2.83. The Balaban J connectivity index is 1.42. The molecular weight excluding hydrogens is 404 g/mol.